The van der Waals surface area contributed by atoms with Gasteiger partial charge in [0.1, 0.15) is 12.6 Å². The normalized spacial score (nSPS) is 13.8. The predicted molar refractivity (Wildman–Crippen MR) is 226 cm³/mol. The number of phosphoric acid groups is 1. The van der Waals surface area contributed by atoms with Gasteiger partial charge in [0, 0.05) is 12.8 Å². The van der Waals surface area contributed by atoms with Gasteiger partial charge in [-0.1, -0.05) is 187 Å². The van der Waals surface area contributed by atoms with Crippen molar-refractivity contribution in [2.75, 3.05) is 19.8 Å². The van der Waals surface area contributed by atoms with Crippen LogP contribution in [-0.4, -0.2) is 59.9 Å². The number of phosphoric ester groups is 1. The number of unbranched alkanes of at least 4 members (excludes halogenated alkanes) is 27. The van der Waals surface area contributed by atoms with E-state index in [9.17, 15) is 23.8 Å². The van der Waals surface area contributed by atoms with E-state index in [0.717, 1.165) is 57.8 Å². The van der Waals surface area contributed by atoms with Gasteiger partial charge in [0.05, 0.1) is 13.2 Å². The third kappa shape index (κ3) is 39.1. The van der Waals surface area contributed by atoms with Crippen LogP contribution in [0.15, 0.2) is 12.2 Å². The highest BCUT2D eigenvalue weighted by Crippen LogP contribution is 2.43. The molecule has 3 atom stereocenters. The number of esters is 2. The van der Waals surface area contributed by atoms with Crippen molar-refractivity contribution in [2.45, 2.75) is 231 Å². The Kier molecular flexibility index (Phi) is 38.7. The molecule has 0 aromatic heterocycles. The largest absolute Gasteiger partial charge is 0.480 e. The highest BCUT2D eigenvalue weighted by Gasteiger charge is 2.28. The SMILES string of the molecule is CCCC/C=C\CCCCCCCC(=O)O[C@H](COC(=O)CCCCCCCCCCCCCCCCCCCCCCC)COP(=O)(O)OC[C@H](N)C(=O)O. The molecule has 0 aliphatic heterocycles. The van der Waals surface area contributed by atoms with Crippen molar-refractivity contribution in [1.82, 2.24) is 0 Å². The molecule has 0 amide bonds. The van der Waals surface area contributed by atoms with Crippen LogP contribution in [0.1, 0.15) is 219 Å². The molecule has 0 spiro atoms. The minimum atomic E-state index is -4.71. The Bertz CT molecular complexity index is 1010. The molecule has 0 saturated heterocycles. The number of carbonyl (C=O) groups excluding carboxylic acids is 2. The van der Waals surface area contributed by atoms with E-state index in [0.29, 0.717) is 12.8 Å². The van der Waals surface area contributed by atoms with Gasteiger partial charge in [-0.2, -0.15) is 0 Å². The monoisotopic (exact) mass is 818 g/mol. The fourth-order valence-electron chi connectivity index (χ4n) is 6.40. The standard InChI is InChI=1S/C44H84NO10P/c1-3-5-7-9-11-13-15-16-17-18-19-20-21-22-23-24-26-27-29-31-33-35-42(46)52-37-40(38-53-56(50,51)54-39-41(45)44(48)49)55-43(47)36-34-32-30-28-25-14-12-10-8-6-4-2/h10,12,40-41H,3-9,11,13-39,45H2,1-2H3,(H,48,49)(H,50,51)/b12-10-/t40-,41+/m1/s1. The molecule has 0 saturated carbocycles. The van der Waals surface area contributed by atoms with Crippen molar-refractivity contribution >= 4 is 25.7 Å². The van der Waals surface area contributed by atoms with Gasteiger partial charge < -0.3 is 25.2 Å². The fraction of sp³-hybridized carbons (Fsp3) is 0.886. The summed E-state index contributed by atoms with van der Waals surface area (Å²) in [6.07, 6.45) is 40.0. The summed E-state index contributed by atoms with van der Waals surface area (Å²) in [7, 11) is -4.71. The smallest absolute Gasteiger partial charge is 0.472 e. The van der Waals surface area contributed by atoms with Crippen LogP contribution in [0.5, 0.6) is 0 Å². The van der Waals surface area contributed by atoms with E-state index in [1.807, 2.05) is 0 Å². The molecule has 0 rings (SSSR count). The Balaban J connectivity index is 4.20. The molecule has 0 bridgehead atoms. The average Bonchev–Trinajstić information content (AvgIpc) is 3.17. The summed E-state index contributed by atoms with van der Waals surface area (Å²) in [6, 6.07) is -1.52. The summed E-state index contributed by atoms with van der Waals surface area (Å²) in [4.78, 5) is 45.9. The van der Waals surface area contributed by atoms with Crippen molar-refractivity contribution in [3.8, 4) is 0 Å². The van der Waals surface area contributed by atoms with Gasteiger partial charge in [-0.3, -0.25) is 23.4 Å². The Labute approximate surface area is 341 Å². The summed E-state index contributed by atoms with van der Waals surface area (Å²) in [5, 5.41) is 8.88. The summed E-state index contributed by atoms with van der Waals surface area (Å²) in [6.45, 7) is 2.78. The first-order valence-electron chi connectivity index (χ1n) is 22.7. The van der Waals surface area contributed by atoms with Gasteiger partial charge in [-0.15, -0.1) is 0 Å². The van der Waals surface area contributed by atoms with Gasteiger partial charge in [-0.25, -0.2) is 4.57 Å². The lowest BCUT2D eigenvalue weighted by Gasteiger charge is -2.20. The van der Waals surface area contributed by atoms with E-state index in [1.165, 1.54) is 122 Å². The van der Waals surface area contributed by atoms with Gasteiger partial charge >= 0.3 is 25.7 Å². The molecule has 1 unspecified atom stereocenters. The Morgan fingerprint density at radius 2 is 0.911 bits per heavy atom. The Morgan fingerprint density at radius 3 is 1.36 bits per heavy atom. The van der Waals surface area contributed by atoms with Crippen molar-refractivity contribution in [3.63, 3.8) is 0 Å². The molecule has 0 aliphatic carbocycles. The van der Waals surface area contributed by atoms with Crippen molar-refractivity contribution in [1.29, 1.82) is 0 Å². The van der Waals surface area contributed by atoms with Gasteiger partial charge in [0.2, 0.25) is 0 Å². The number of carboxylic acid groups (broad SMARTS) is 1. The number of carbonyl (C=O) groups is 3. The number of hydrogen-bond donors (Lipinski definition) is 3. The topological polar surface area (TPSA) is 172 Å². The first-order valence-corrected chi connectivity index (χ1v) is 24.2. The lowest BCUT2D eigenvalue weighted by Crippen LogP contribution is -2.34. The van der Waals surface area contributed by atoms with Gasteiger partial charge in [0.15, 0.2) is 6.10 Å². The number of ether oxygens (including phenoxy) is 2. The molecule has 0 aromatic carbocycles. The summed E-state index contributed by atoms with van der Waals surface area (Å²) < 4.78 is 32.7. The van der Waals surface area contributed by atoms with Gasteiger partial charge in [0.25, 0.3) is 0 Å². The zero-order valence-corrected chi connectivity index (χ0v) is 36.6. The maximum Gasteiger partial charge on any atom is 0.472 e. The van der Waals surface area contributed by atoms with E-state index in [2.05, 4.69) is 30.5 Å². The molecule has 11 nitrogen and oxygen atoms in total. The van der Waals surface area contributed by atoms with Crippen molar-refractivity contribution in [3.05, 3.63) is 12.2 Å². The van der Waals surface area contributed by atoms with E-state index in [1.54, 1.807) is 0 Å². The molecular formula is C44H84NO10P. The van der Waals surface area contributed by atoms with Crippen LogP contribution in [0.25, 0.3) is 0 Å². The van der Waals surface area contributed by atoms with E-state index >= 15 is 0 Å². The third-order valence-electron chi connectivity index (χ3n) is 10.0. The Morgan fingerprint density at radius 1 is 0.536 bits per heavy atom. The lowest BCUT2D eigenvalue weighted by atomic mass is 10.0. The summed E-state index contributed by atoms with van der Waals surface area (Å²) in [5.74, 6) is -2.38. The quantitative estimate of drug-likeness (QED) is 0.0231. The molecular weight excluding hydrogens is 733 g/mol. The molecule has 330 valence electrons. The molecule has 12 heteroatoms. The zero-order valence-electron chi connectivity index (χ0n) is 35.7. The number of carboxylic acids is 1. The van der Waals surface area contributed by atoms with Crippen molar-refractivity contribution < 1.29 is 47.5 Å². The molecule has 0 aromatic rings. The maximum absolute atomic E-state index is 12.6. The van der Waals surface area contributed by atoms with Crippen molar-refractivity contribution in [2.24, 2.45) is 5.73 Å². The van der Waals surface area contributed by atoms with Crippen LogP contribution in [-0.2, 0) is 37.5 Å². The summed E-state index contributed by atoms with van der Waals surface area (Å²) in [5.41, 5.74) is 5.33. The number of allylic oxidation sites excluding steroid dienone is 2. The molecule has 4 N–H and O–H groups in total. The van der Waals surface area contributed by atoms with Crippen LogP contribution in [0.2, 0.25) is 0 Å². The highest BCUT2D eigenvalue weighted by molar-refractivity contribution is 7.47. The summed E-state index contributed by atoms with van der Waals surface area (Å²) >= 11 is 0. The number of aliphatic carboxylic acids is 1. The van der Waals surface area contributed by atoms with Crippen LogP contribution < -0.4 is 5.73 Å². The fourth-order valence-corrected chi connectivity index (χ4v) is 7.18. The third-order valence-corrected chi connectivity index (χ3v) is 11.0. The number of rotatable bonds is 43. The average molecular weight is 818 g/mol. The lowest BCUT2D eigenvalue weighted by molar-refractivity contribution is -0.161. The van der Waals surface area contributed by atoms with Crippen LogP contribution >= 0.6 is 7.82 Å². The van der Waals surface area contributed by atoms with E-state index < -0.39 is 51.1 Å². The molecule has 0 radical (unpaired) electrons. The molecule has 0 fully saturated rings. The number of hydrogen-bond acceptors (Lipinski definition) is 9. The second-order valence-corrected chi connectivity index (χ2v) is 17.0. The van der Waals surface area contributed by atoms with E-state index in [4.69, 9.17) is 24.8 Å². The molecule has 0 aliphatic rings. The van der Waals surface area contributed by atoms with Gasteiger partial charge in [-0.05, 0) is 32.1 Å². The second kappa shape index (κ2) is 40.0. The number of nitrogens with two attached hydrogens (primary N) is 1. The maximum atomic E-state index is 12.6. The van der Waals surface area contributed by atoms with E-state index in [-0.39, 0.29) is 19.4 Å². The highest BCUT2D eigenvalue weighted by atomic mass is 31.2. The minimum Gasteiger partial charge on any atom is -0.480 e. The predicted octanol–water partition coefficient (Wildman–Crippen LogP) is 12.1. The first-order chi connectivity index (χ1) is 27.1. The zero-order chi connectivity index (χ0) is 41.4. The van der Waals surface area contributed by atoms with Crippen LogP contribution in [0.3, 0.4) is 0 Å². The van der Waals surface area contributed by atoms with Crippen LogP contribution in [0.4, 0.5) is 0 Å². The first kappa shape index (κ1) is 54.2. The Hall–Kier alpha value is -1.78. The second-order valence-electron chi connectivity index (χ2n) is 15.5. The van der Waals surface area contributed by atoms with Crippen LogP contribution in [0, 0.1) is 0 Å². The minimum absolute atomic E-state index is 0.154. The molecule has 0 heterocycles. The molecule has 56 heavy (non-hydrogen) atoms.